The Labute approximate surface area is 166 Å². The van der Waals surface area contributed by atoms with Gasteiger partial charge in [-0.3, -0.25) is 4.79 Å². The maximum absolute atomic E-state index is 11.9. The first-order valence-corrected chi connectivity index (χ1v) is 8.80. The van der Waals surface area contributed by atoms with Gasteiger partial charge in [-0.25, -0.2) is 4.79 Å². The van der Waals surface area contributed by atoms with E-state index in [1.54, 1.807) is 24.3 Å². The summed E-state index contributed by atoms with van der Waals surface area (Å²) in [5.41, 5.74) is 3.30. The van der Waals surface area contributed by atoms with Crippen molar-refractivity contribution in [3.8, 4) is 17.5 Å². The normalized spacial score (nSPS) is 10.2. The van der Waals surface area contributed by atoms with Crippen LogP contribution in [0, 0.1) is 18.3 Å². The fourth-order valence-electron chi connectivity index (χ4n) is 2.43. The molecule has 1 amide bonds. The number of anilines is 1. The Morgan fingerprint density at radius 1 is 1.14 bits per heavy atom. The van der Waals surface area contributed by atoms with Crippen molar-refractivity contribution in [3.05, 3.63) is 59.7 Å². The Morgan fingerprint density at radius 3 is 2.55 bits per heavy atom. The number of rotatable bonds is 7. The first-order valence-electron chi connectivity index (χ1n) is 8.80. The molecule has 0 fully saturated rings. The zero-order chi connectivity index (χ0) is 20.6. The van der Waals surface area contributed by atoms with Gasteiger partial charge in [0.25, 0.3) is 5.91 Å². The summed E-state index contributed by atoms with van der Waals surface area (Å²) in [7, 11) is 0. The van der Waals surface area contributed by atoms with E-state index in [-0.39, 0.29) is 6.54 Å². The molecule has 0 spiro atoms. The molecule has 29 heavy (non-hydrogen) atoms. The summed E-state index contributed by atoms with van der Waals surface area (Å²) in [4.78, 5) is 24.9. The number of ether oxygens (including phenoxy) is 1. The van der Waals surface area contributed by atoms with Crippen LogP contribution in [-0.4, -0.2) is 38.7 Å². The van der Waals surface area contributed by atoms with E-state index in [1.165, 1.54) is 0 Å². The van der Waals surface area contributed by atoms with E-state index in [2.05, 4.69) is 20.7 Å². The summed E-state index contributed by atoms with van der Waals surface area (Å²) in [6.45, 7) is 1.29. The van der Waals surface area contributed by atoms with Crippen LogP contribution in [-0.2, 0) is 27.3 Å². The molecule has 0 unspecified atom stereocenters. The topological polar surface area (TPSA) is 123 Å². The van der Waals surface area contributed by atoms with Gasteiger partial charge in [0.2, 0.25) is 5.82 Å². The van der Waals surface area contributed by atoms with Gasteiger partial charge in [0.05, 0.1) is 12.5 Å². The monoisotopic (exact) mass is 390 g/mol. The van der Waals surface area contributed by atoms with Crippen molar-refractivity contribution in [2.45, 2.75) is 19.9 Å². The van der Waals surface area contributed by atoms with Crippen LogP contribution in [0.5, 0.6) is 0 Å². The van der Waals surface area contributed by atoms with Crippen LogP contribution < -0.4 is 5.32 Å². The molecule has 2 aromatic carbocycles. The minimum Gasteiger partial charge on any atom is -0.454 e. The van der Waals surface area contributed by atoms with Gasteiger partial charge in [-0.15, -0.1) is 10.2 Å². The van der Waals surface area contributed by atoms with Crippen LogP contribution in [0.1, 0.15) is 11.1 Å². The number of benzene rings is 2. The number of carbonyl (C=O) groups excluding carboxylic acids is 2. The number of nitrogens with zero attached hydrogens (tertiary/aromatic N) is 5. The van der Waals surface area contributed by atoms with E-state index in [0.29, 0.717) is 17.9 Å². The Hall–Kier alpha value is -4.06. The molecular weight excluding hydrogens is 372 g/mol. The molecule has 9 heteroatoms. The molecule has 0 bridgehead atoms. The molecule has 0 saturated heterocycles. The Kier molecular flexibility index (Phi) is 6.27. The fraction of sp³-hybridized carbons (Fsp3) is 0.200. The zero-order valence-electron chi connectivity index (χ0n) is 15.7. The molecule has 146 valence electrons. The number of tetrazole rings is 1. The number of carbonyl (C=O) groups is 2. The zero-order valence-corrected chi connectivity index (χ0v) is 15.7. The predicted molar refractivity (Wildman–Crippen MR) is 103 cm³/mol. The molecule has 0 aliphatic heterocycles. The highest BCUT2D eigenvalue weighted by atomic mass is 16.5. The largest absolute Gasteiger partial charge is 0.454 e. The van der Waals surface area contributed by atoms with Gasteiger partial charge in [0.1, 0.15) is 0 Å². The number of hydrogen-bond acceptors (Lipinski definition) is 7. The van der Waals surface area contributed by atoms with Crippen LogP contribution in [0.2, 0.25) is 0 Å². The number of aryl methyl sites for hydroxylation is 1. The molecule has 0 radical (unpaired) electrons. The number of hydrogen-bond donors (Lipinski definition) is 1. The summed E-state index contributed by atoms with van der Waals surface area (Å²) in [6, 6.07) is 16.5. The maximum atomic E-state index is 11.9. The lowest BCUT2D eigenvalue weighted by atomic mass is 10.1. The predicted octanol–water partition coefficient (Wildman–Crippen LogP) is 1.90. The van der Waals surface area contributed by atoms with Crippen molar-refractivity contribution in [1.29, 1.82) is 5.26 Å². The quantitative estimate of drug-likeness (QED) is 0.611. The van der Waals surface area contributed by atoms with Crippen LogP contribution in [0.25, 0.3) is 11.4 Å². The average molecular weight is 390 g/mol. The van der Waals surface area contributed by atoms with Crippen LogP contribution in [0.3, 0.4) is 0 Å². The first-order chi connectivity index (χ1) is 14.0. The second kappa shape index (κ2) is 9.23. The highest BCUT2D eigenvalue weighted by molar-refractivity contribution is 5.92. The molecule has 1 heterocycles. The number of nitriles is 1. The summed E-state index contributed by atoms with van der Waals surface area (Å²) in [5.74, 6) is -0.731. The van der Waals surface area contributed by atoms with E-state index in [4.69, 9.17) is 10.00 Å². The van der Waals surface area contributed by atoms with Gasteiger partial charge >= 0.3 is 5.97 Å². The van der Waals surface area contributed by atoms with E-state index in [0.717, 1.165) is 21.5 Å². The number of aromatic nitrogens is 4. The third kappa shape index (κ3) is 5.71. The van der Waals surface area contributed by atoms with Crippen LogP contribution in [0.4, 0.5) is 5.69 Å². The van der Waals surface area contributed by atoms with Crippen LogP contribution in [0.15, 0.2) is 48.5 Å². The lowest BCUT2D eigenvalue weighted by Gasteiger charge is -2.06. The third-order valence-corrected chi connectivity index (χ3v) is 3.92. The first kappa shape index (κ1) is 19.7. The van der Waals surface area contributed by atoms with Gasteiger partial charge in [-0.05, 0) is 29.8 Å². The molecule has 1 N–H and O–H groups in total. The summed E-state index contributed by atoms with van der Waals surface area (Å²) in [5, 5.41) is 23.1. The van der Waals surface area contributed by atoms with Crippen molar-refractivity contribution >= 4 is 17.6 Å². The summed E-state index contributed by atoms with van der Waals surface area (Å²) >= 11 is 0. The minimum atomic E-state index is -0.655. The summed E-state index contributed by atoms with van der Waals surface area (Å²) < 4.78 is 4.95. The minimum absolute atomic E-state index is 0.255. The number of amides is 1. The third-order valence-electron chi connectivity index (χ3n) is 3.92. The molecule has 3 rings (SSSR count). The van der Waals surface area contributed by atoms with Crippen molar-refractivity contribution < 1.29 is 14.3 Å². The van der Waals surface area contributed by atoms with E-state index in [1.807, 2.05) is 37.3 Å². The van der Waals surface area contributed by atoms with Gasteiger partial charge in [-0.1, -0.05) is 42.0 Å². The molecule has 9 nitrogen and oxygen atoms in total. The molecule has 0 saturated carbocycles. The van der Waals surface area contributed by atoms with E-state index >= 15 is 0 Å². The molecular formula is C20H18N6O3. The van der Waals surface area contributed by atoms with Gasteiger partial charge in [-0.2, -0.15) is 10.1 Å². The van der Waals surface area contributed by atoms with E-state index in [9.17, 15) is 9.59 Å². The average Bonchev–Trinajstić information content (AvgIpc) is 3.17. The van der Waals surface area contributed by atoms with Gasteiger partial charge < -0.3 is 10.1 Å². The fourth-order valence-corrected chi connectivity index (χ4v) is 2.43. The highest BCUT2D eigenvalue weighted by Crippen LogP contribution is 2.14. The van der Waals surface area contributed by atoms with Crippen molar-refractivity contribution in [2.24, 2.45) is 0 Å². The maximum Gasteiger partial charge on any atom is 0.330 e. The van der Waals surface area contributed by atoms with Gasteiger partial charge in [0.15, 0.2) is 13.2 Å². The SMILES string of the molecule is Cc1ccc(-c2nnn(CC(=O)OCC(=O)Nc3ccc(CC#N)cc3)n2)cc1. The smallest absolute Gasteiger partial charge is 0.330 e. The Morgan fingerprint density at radius 2 is 1.86 bits per heavy atom. The van der Waals surface area contributed by atoms with Crippen molar-refractivity contribution in [2.75, 3.05) is 11.9 Å². The second-order valence-electron chi connectivity index (χ2n) is 6.25. The Balaban J connectivity index is 1.46. The standard InChI is InChI=1S/C20H18N6O3/c1-14-2-6-16(7-3-14)20-23-25-26(24-20)12-19(28)29-13-18(27)22-17-8-4-15(5-9-17)10-11-21/h2-9H,10,12-13H2,1H3,(H,22,27). The second-order valence-corrected chi connectivity index (χ2v) is 6.25. The highest BCUT2D eigenvalue weighted by Gasteiger charge is 2.12. The lowest BCUT2D eigenvalue weighted by Crippen LogP contribution is -2.23. The van der Waals surface area contributed by atoms with Crippen LogP contribution >= 0.6 is 0 Å². The Bertz CT molecular complexity index is 1040. The van der Waals surface area contributed by atoms with Crippen molar-refractivity contribution in [1.82, 2.24) is 20.2 Å². The number of esters is 1. The molecule has 0 aliphatic carbocycles. The molecule has 1 aromatic heterocycles. The molecule has 3 aromatic rings. The van der Waals surface area contributed by atoms with Crippen molar-refractivity contribution in [3.63, 3.8) is 0 Å². The molecule has 0 atom stereocenters. The lowest BCUT2D eigenvalue weighted by molar-refractivity contribution is -0.148. The van der Waals surface area contributed by atoms with Gasteiger partial charge in [0, 0.05) is 11.3 Å². The number of nitrogens with one attached hydrogen (secondary N) is 1. The molecule has 0 aliphatic rings. The summed E-state index contributed by atoms with van der Waals surface area (Å²) in [6.07, 6.45) is 0.299. The van der Waals surface area contributed by atoms with E-state index < -0.39 is 18.5 Å².